The highest BCUT2D eigenvalue weighted by Crippen LogP contribution is 2.49. The van der Waals surface area contributed by atoms with E-state index < -0.39 is 17.7 Å². The molecule has 2 aliphatic heterocycles. The van der Waals surface area contributed by atoms with Crippen molar-refractivity contribution in [1.29, 1.82) is 0 Å². The van der Waals surface area contributed by atoms with Gasteiger partial charge >= 0.3 is 0 Å². The molecule has 1 fully saturated rings. The van der Waals surface area contributed by atoms with Crippen molar-refractivity contribution < 1.29 is 23.4 Å². The van der Waals surface area contributed by atoms with Crippen LogP contribution in [-0.4, -0.2) is 36.2 Å². The van der Waals surface area contributed by atoms with Crippen molar-refractivity contribution in [3.05, 3.63) is 89.5 Å². The standard InChI is InChI=1S/C30H27F2NO3.ClH/c31-26-13-12-25-24-10-6-20-18-21(34)7-11-23(20)27(24)29(36-30(25)28(26)32)19-4-8-22(9-5-19)35-17-16-33-14-2-1-3-15-33;/h4-13,18,29,34H,1-3,14-17H2;1H. The van der Waals surface area contributed by atoms with E-state index in [1.807, 2.05) is 42.5 Å². The van der Waals surface area contributed by atoms with Gasteiger partial charge in [-0.25, -0.2) is 4.39 Å². The molecule has 1 saturated heterocycles. The Morgan fingerprint density at radius 2 is 1.65 bits per heavy atom. The average molecular weight is 524 g/mol. The summed E-state index contributed by atoms with van der Waals surface area (Å²) in [7, 11) is 0. The number of likely N-dealkylation sites (tertiary alicyclic amines) is 1. The van der Waals surface area contributed by atoms with E-state index in [1.165, 1.54) is 19.3 Å². The maximum Gasteiger partial charge on any atom is 0.201 e. The number of rotatable bonds is 5. The van der Waals surface area contributed by atoms with Crippen molar-refractivity contribution in [2.45, 2.75) is 25.4 Å². The number of aromatic hydroxyl groups is 1. The maximum atomic E-state index is 14.8. The smallest absolute Gasteiger partial charge is 0.201 e. The van der Waals surface area contributed by atoms with Gasteiger partial charge in [-0.05, 0) is 84.2 Å². The molecule has 1 unspecified atom stereocenters. The van der Waals surface area contributed by atoms with Gasteiger partial charge in [-0.3, -0.25) is 4.90 Å². The molecule has 2 aliphatic rings. The van der Waals surface area contributed by atoms with Crippen molar-refractivity contribution in [1.82, 2.24) is 4.90 Å². The number of fused-ring (bicyclic) bond motifs is 5. The second-order valence-electron chi connectivity index (χ2n) is 9.49. The number of ether oxygens (including phenoxy) is 2. The lowest BCUT2D eigenvalue weighted by molar-refractivity contribution is 0.183. The molecule has 1 atom stereocenters. The van der Waals surface area contributed by atoms with Gasteiger partial charge in [0.2, 0.25) is 5.82 Å². The van der Waals surface area contributed by atoms with Crippen molar-refractivity contribution in [2.24, 2.45) is 0 Å². The average Bonchev–Trinajstić information content (AvgIpc) is 2.91. The lowest BCUT2D eigenvalue weighted by Crippen LogP contribution is -2.33. The second kappa shape index (κ2) is 10.6. The molecule has 0 saturated carbocycles. The van der Waals surface area contributed by atoms with Gasteiger partial charge in [0.05, 0.1) is 0 Å². The Balaban J connectivity index is 0.00000280. The fourth-order valence-electron chi connectivity index (χ4n) is 5.34. The minimum Gasteiger partial charge on any atom is -0.508 e. The van der Waals surface area contributed by atoms with Gasteiger partial charge in [-0.1, -0.05) is 36.8 Å². The summed E-state index contributed by atoms with van der Waals surface area (Å²) in [6.45, 7) is 3.78. The summed E-state index contributed by atoms with van der Waals surface area (Å²) < 4.78 is 41.1. The number of phenols is 1. The van der Waals surface area contributed by atoms with E-state index in [2.05, 4.69) is 4.90 Å². The number of nitrogens with zero attached hydrogens (tertiary/aromatic N) is 1. The Morgan fingerprint density at radius 3 is 2.43 bits per heavy atom. The summed E-state index contributed by atoms with van der Waals surface area (Å²) >= 11 is 0. The van der Waals surface area contributed by atoms with E-state index in [-0.39, 0.29) is 23.9 Å². The zero-order valence-electron chi connectivity index (χ0n) is 20.3. The second-order valence-corrected chi connectivity index (χ2v) is 9.49. The molecule has 0 bridgehead atoms. The van der Waals surface area contributed by atoms with Crippen LogP contribution in [0.1, 0.15) is 36.5 Å². The minimum absolute atomic E-state index is 0. The van der Waals surface area contributed by atoms with Gasteiger partial charge in [-0.2, -0.15) is 4.39 Å². The van der Waals surface area contributed by atoms with Gasteiger partial charge in [0.25, 0.3) is 0 Å². The number of piperidine rings is 1. The van der Waals surface area contributed by atoms with Gasteiger partial charge in [0.1, 0.15) is 18.1 Å². The highest BCUT2D eigenvalue weighted by Gasteiger charge is 2.32. The first-order chi connectivity index (χ1) is 17.6. The first-order valence-electron chi connectivity index (χ1n) is 12.4. The quantitative estimate of drug-likeness (QED) is 0.299. The molecule has 0 aliphatic carbocycles. The van der Waals surface area contributed by atoms with Crippen molar-refractivity contribution in [3.63, 3.8) is 0 Å². The molecule has 4 nitrogen and oxygen atoms in total. The summed E-state index contributed by atoms with van der Waals surface area (Å²) in [4.78, 5) is 2.43. The molecule has 0 radical (unpaired) electrons. The molecule has 7 heteroatoms. The molecule has 0 amide bonds. The Kier molecular flexibility index (Phi) is 7.22. The number of phenolic OH excluding ortho intramolecular Hbond substituents is 1. The van der Waals surface area contributed by atoms with E-state index in [9.17, 15) is 13.9 Å². The zero-order valence-corrected chi connectivity index (χ0v) is 21.1. The van der Waals surface area contributed by atoms with Gasteiger partial charge < -0.3 is 14.6 Å². The minimum atomic E-state index is -0.994. The number of hydrogen-bond acceptors (Lipinski definition) is 4. The van der Waals surface area contributed by atoms with Crippen molar-refractivity contribution in [3.8, 4) is 28.4 Å². The molecule has 2 heterocycles. The zero-order chi connectivity index (χ0) is 24.6. The first kappa shape index (κ1) is 25.3. The van der Waals surface area contributed by atoms with E-state index in [1.54, 1.807) is 18.2 Å². The summed E-state index contributed by atoms with van der Waals surface area (Å²) in [5.41, 5.74) is 2.94. The predicted molar refractivity (Wildman–Crippen MR) is 143 cm³/mol. The SMILES string of the molecule is Cl.Oc1ccc2c3c(ccc2c1)-c1ccc(F)c(F)c1OC3c1ccc(OCCN2CCCCC2)cc1. The van der Waals surface area contributed by atoms with Gasteiger partial charge in [-0.15, -0.1) is 12.4 Å². The molecule has 192 valence electrons. The summed E-state index contributed by atoms with van der Waals surface area (Å²) in [5.74, 6) is -1.11. The van der Waals surface area contributed by atoms with Crippen molar-refractivity contribution in [2.75, 3.05) is 26.2 Å². The highest BCUT2D eigenvalue weighted by atomic mass is 35.5. The molecule has 0 spiro atoms. The third-order valence-electron chi connectivity index (χ3n) is 7.19. The van der Waals surface area contributed by atoms with Gasteiger partial charge in [0, 0.05) is 17.7 Å². The molecule has 37 heavy (non-hydrogen) atoms. The Morgan fingerprint density at radius 1 is 0.892 bits per heavy atom. The fourth-order valence-corrected chi connectivity index (χ4v) is 5.34. The molecule has 4 aromatic carbocycles. The predicted octanol–water partition coefficient (Wildman–Crippen LogP) is 7.26. The largest absolute Gasteiger partial charge is 0.508 e. The topological polar surface area (TPSA) is 41.9 Å². The van der Waals surface area contributed by atoms with Gasteiger partial charge in [0.15, 0.2) is 17.7 Å². The molecule has 4 aromatic rings. The van der Waals surface area contributed by atoms with Crippen LogP contribution in [0.4, 0.5) is 8.78 Å². The molecule has 6 rings (SSSR count). The van der Waals surface area contributed by atoms with Crippen LogP contribution in [0.25, 0.3) is 21.9 Å². The fraction of sp³-hybridized carbons (Fsp3) is 0.267. The number of benzene rings is 4. The molecular weight excluding hydrogens is 496 g/mol. The lowest BCUT2D eigenvalue weighted by Gasteiger charge is -2.31. The van der Waals surface area contributed by atoms with E-state index >= 15 is 0 Å². The van der Waals surface area contributed by atoms with E-state index in [0.717, 1.165) is 58.9 Å². The van der Waals surface area contributed by atoms with Crippen molar-refractivity contribution >= 4 is 23.2 Å². The Hall–Kier alpha value is -3.35. The number of hydrogen-bond donors (Lipinski definition) is 1. The third-order valence-corrected chi connectivity index (χ3v) is 7.19. The number of halogens is 3. The van der Waals surface area contributed by atoms with Crippen LogP contribution < -0.4 is 9.47 Å². The maximum absolute atomic E-state index is 14.8. The van der Waals surface area contributed by atoms with Crippen LogP contribution in [0.3, 0.4) is 0 Å². The summed E-state index contributed by atoms with van der Waals surface area (Å²) in [5, 5.41) is 11.7. The third kappa shape index (κ3) is 4.83. The molecular formula is C30H28ClF2NO3. The lowest BCUT2D eigenvalue weighted by atomic mass is 9.86. The Bertz CT molecular complexity index is 1420. The van der Waals surface area contributed by atoms with Crippen LogP contribution in [0.15, 0.2) is 66.7 Å². The Labute approximate surface area is 220 Å². The van der Waals surface area contributed by atoms with E-state index in [0.29, 0.717) is 12.2 Å². The normalized spacial score (nSPS) is 16.9. The molecule has 1 N–H and O–H groups in total. The van der Waals surface area contributed by atoms with Crippen LogP contribution in [0.2, 0.25) is 0 Å². The van der Waals surface area contributed by atoms with Crippen LogP contribution in [0.5, 0.6) is 17.2 Å². The van der Waals surface area contributed by atoms with E-state index in [4.69, 9.17) is 9.47 Å². The summed E-state index contributed by atoms with van der Waals surface area (Å²) in [6.07, 6.45) is 3.15. The summed E-state index contributed by atoms with van der Waals surface area (Å²) in [6, 6.07) is 19.2. The highest BCUT2D eigenvalue weighted by molar-refractivity contribution is 5.95. The monoisotopic (exact) mass is 523 g/mol. The molecule has 0 aromatic heterocycles. The van der Waals surface area contributed by atoms with Crippen LogP contribution in [0, 0.1) is 11.6 Å². The first-order valence-corrected chi connectivity index (χ1v) is 12.4. The van der Waals surface area contributed by atoms with Crippen LogP contribution >= 0.6 is 12.4 Å². The van der Waals surface area contributed by atoms with Crippen LogP contribution in [-0.2, 0) is 0 Å².